The van der Waals surface area contributed by atoms with Crippen molar-refractivity contribution in [2.75, 3.05) is 20.0 Å². The highest BCUT2D eigenvalue weighted by molar-refractivity contribution is 6.06. The number of methoxy groups -OCH3 is 2. The van der Waals surface area contributed by atoms with E-state index in [-0.39, 0.29) is 5.75 Å². The third-order valence-electron chi connectivity index (χ3n) is 3.57. The third-order valence-corrected chi connectivity index (χ3v) is 3.57. The van der Waals surface area contributed by atoms with Crippen LogP contribution in [0.15, 0.2) is 30.3 Å². The van der Waals surface area contributed by atoms with Gasteiger partial charge in [-0.15, -0.1) is 0 Å². The number of aromatic hydroxyl groups is 1. The van der Waals surface area contributed by atoms with Crippen molar-refractivity contribution in [2.24, 2.45) is 0 Å². The van der Waals surface area contributed by atoms with Crippen LogP contribution in [0.4, 0.5) is 5.69 Å². The maximum absolute atomic E-state index is 12.0. The second-order valence-corrected chi connectivity index (χ2v) is 4.96. The summed E-state index contributed by atoms with van der Waals surface area (Å²) in [5, 5.41) is 9.58. The number of rotatable bonds is 3. The Balaban J connectivity index is 2.14. The average Bonchev–Trinajstić information content (AvgIpc) is 2.85. The molecule has 0 aliphatic carbocycles. The van der Waals surface area contributed by atoms with Crippen molar-refractivity contribution in [3.63, 3.8) is 0 Å². The summed E-state index contributed by atoms with van der Waals surface area (Å²) in [6.45, 7) is 0. The van der Waals surface area contributed by atoms with Crippen molar-refractivity contribution in [1.82, 2.24) is 0 Å². The number of fused-ring (bicyclic) bond motifs is 1. The van der Waals surface area contributed by atoms with Crippen LogP contribution in [0.3, 0.4) is 0 Å². The fourth-order valence-electron chi connectivity index (χ4n) is 2.40. The van der Waals surface area contributed by atoms with Gasteiger partial charge in [-0.3, -0.25) is 0 Å². The minimum absolute atomic E-state index is 0.0721. The first-order valence-electron chi connectivity index (χ1n) is 6.82. The molecule has 0 saturated heterocycles. The molecule has 0 amide bonds. The second-order valence-electron chi connectivity index (χ2n) is 4.96. The van der Waals surface area contributed by atoms with E-state index in [1.54, 1.807) is 24.3 Å². The fraction of sp³-hybridized carbons (Fsp3) is 0.118. The van der Waals surface area contributed by atoms with Crippen LogP contribution < -0.4 is 15.2 Å². The molecule has 0 unspecified atom stereocenters. The summed E-state index contributed by atoms with van der Waals surface area (Å²) in [6, 6.07) is 7.80. The first-order chi connectivity index (χ1) is 11.0. The van der Waals surface area contributed by atoms with Gasteiger partial charge < -0.3 is 25.1 Å². The smallest absolute Gasteiger partial charge is 0.344 e. The molecule has 3 rings (SSSR count). The van der Waals surface area contributed by atoms with Crippen LogP contribution in [0.5, 0.6) is 17.2 Å². The van der Waals surface area contributed by atoms with Crippen LogP contribution in [-0.2, 0) is 4.74 Å². The van der Waals surface area contributed by atoms with Crippen molar-refractivity contribution in [1.29, 1.82) is 0 Å². The molecule has 0 fully saturated rings. The number of anilines is 1. The van der Waals surface area contributed by atoms with Gasteiger partial charge in [0.25, 0.3) is 0 Å². The monoisotopic (exact) mass is 313 g/mol. The zero-order chi connectivity index (χ0) is 16.6. The zero-order valence-electron chi connectivity index (χ0n) is 12.6. The van der Waals surface area contributed by atoms with E-state index in [1.165, 1.54) is 26.4 Å². The number of nitrogens with two attached hydrogens (primary N) is 1. The van der Waals surface area contributed by atoms with E-state index >= 15 is 0 Å². The highest BCUT2D eigenvalue weighted by Crippen LogP contribution is 2.39. The molecule has 1 heterocycles. The Bertz CT molecular complexity index is 826. The van der Waals surface area contributed by atoms with Gasteiger partial charge in [0.2, 0.25) is 0 Å². The number of phenols is 1. The van der Waals surface area contributed by atoms with Crippen LogP contribution >= 0.6 is 0 Å². The summed E-state index contributed by atoms with van der Waals surface area (Å²) >= 11 is 0. The fourth-order valence-corrected chi connectivity index (χ4v) is 2.40. The van der Waals surface area contributed by atoms with E-state index < -0.39 is 5.97 Å². The highest BCUT2D eigenvalue weighted by Gasteiger charge is 2.29. The van der Waals surface area contributed by atoms with E-state index in [4.69, 9.17) is 19.9 Å². The van der Waals surface area contributed by atoms with Gasteiger partial charge in [0.05, 0.1) is 19.8 Å². The molecule has 23 heavy (non-hydrogen) atoms. The Morgan fingerprint density at radius 2 is 1.74 bits per heavy atom. The SMILES string of the molecule is COc1cc2c(cc1OC)/C(=C\c1cc(O)ccc1N)OC2=O. The van der Waals surface area contributed by atoms with Gasteiger partial charge in [-0.25, -0.2) is 4.79 Å². The van der Waals surface area contributed by atoms with E-state index in [2.05, 4.69) is 0 Å². The first kappa shape index (κ1) is 14.8. The van der Waals surface area contributed by atoms with Crippen molar-refractivity contribution in [3.8, 4) is 17.2 Å². The number of nitrogen functional groups attached to an aromatic ring is 1. The van der Waals surface area contributed by atoms with E-state index in [9.17, 15) is 9.90 Å². The molecular weight excluding hydrogens is 298 g/mol. The number of hydrogen-bond acceptors (Lipinski definition) is 6. The third kappa shape index (κ3) is 2.55. The standard InChI is InChI=1S/C17H15NO5/c1-21-15-7-11-12(8-16(15)22-2)17(20)23-14(11)6-9-5-10(19)3-4-13(9)18/h3-8,19H,18H2,1-2H3/b14-6+. The lowest BCUT2D eigenvalue weighted by molar-refractivity contribution is 0.0717. The number of benzene rings is 2. The topological polar surface area (TPSA) is 91.0 Å². The predicted molar refractivity (Wildman–Crippen MR) is 85.4 cm³/mol. The Labute approximate surface area is 132 Å². The molecule has 1 aliphatic rings. The maximum Gasteiger partial charge on any atom is 0.344 e. The normalized spacial score (nSPS) is 14.5. The van der Waals surface area contributed by atoms with Gasteiger partial charge in [-0.1, -0.05) is 0 Å². The van der Waals surface area contributed by atoms with Crippen LogP contribution in [0.25, 0.3) is 11.8 Å². The van der Waals surface area contributed by atoms with E-state index in [0.717, 1.165) is 0 Å². The molecule has 0 spiro atoms. The quantitative estimate of drug-likeness (QED) is 0.514. The Morgan fingerprint density at radius 3 is 2.39 bits per heavy atom. The lowest BCUT2D eigenvalue weighted by Gasteiger charge is -2.08. The number of carbonyl (C=O) groups excluding carboxylic acids is 1. The number of ether oxygens (including phenoxy) is 3. The van der Waals surface area contributed by atoms with Gasteiger partial charge in [0.15, 0.2) is 11.5 Å². The van der Waals surface area contributed by atoms with Gasteiger partial charge in [0.1, 0.15) is 11.5 Å². The Hall–Kier alpha value is -3.15. The van der Waals surface area contributed by atoms with Crippen LogP contribution in [0.1, 0.15) is 21.5 Å². The van der Waals surface area contributed by atoms with Crippen molar-refractivity contribution in [3.05, 3.63) is 47.0 Å². The molecule has 2 aromatic carbocycles. The number of esters is 1. The molecule has 6 heteroatoms. The van der Waals surface area contributed by atoms with Crippen LogP contribution in [-0.4, -0.2) is 25.3 Å². The highest BCUT2D eigenvalue weighted by atomic mass is 16.5. The minimum atomic E-state index is -0.481. The molecule has 118 valence electrons. The molecule has 0 aromatic heterocycles. The van der Waals surface area contributed by atoms with Gasteiger partial charge in [-0.05, 0) is 36.4 Å². The van der Waals surface area contributed by atoms with Crippen molar-refractivity contribution < 1.29 is 24.1 Å². The van der Waals surface area contributed by atoms with Gasteiger partial charge in [0, 0.05) is 16.8 Å². The average molecular weight is 313 g/mol. The molecular formula is C17H15NO5. The van der Waals surface area contributed by atoms with Gasteiger partial charge >= 0.3 is 5.97 Å². The zero-order valence-corrected chi connectivity index (χ0v) is 12.6. The van der Waals surface area contributed by atoms with E-state index in [1.807, 2.05) is 0 Å². The molecule has 3 N–H and O–H groups in total. The molecule has 0 radical (unpaired) electrons. The first-order valence-corrected chi connectivity index (χ1v) is 6.82. The lowest BCUT2D eigenvalue weighted by atomic mass is 10.0. The predicted octanol–water partition coefficient (Wildman–Crippen LogP) is 2.66. The summed E-state index contributed by atoms with van der Waals surface area (Å²) in [7, 11) is 3.01. The Kier molecular flexibility index (Phi) is 3.57. The van der Waals surface area contributed by atoms with Gasteiger partial charge in [-0.2, -0.15) is 0 Å². The minimum Gasteiger partial charge on any atom is -0.508 e. The summed E-state index contributed by atoms with van der Waals surface area (Å²) < 4.78 is 15.8. The van der Waals surface area contributed by atoms with Crippen molar-refractivity contribution >= 4 is 23.5 Å². The second kappa shape index (κ2) is 5.57. The molecule has 0 atom stereocenters. The molecule has 6 nitrogen and oxygen atoms in total. The summed E-state index contributed by atoms with van der Waals surface area (Å²) in [5.41, 5.74) is 7.85. The number of cyclic esters (lactones) is 1. The molecule has 0 saturated carbocycles. The number of phenolic OH excluding ortho intramolecular Hbond substituents is 1. The lowest BCUT2D eigenvalue weighted by Crippen LogP contribution is -1.96. The van der Waals surface area contributed by atoms with Crippen LogP contribution in [0.2, 0.25) is 0 Å². The van der Waals surface area contributed by atoms with Crippen LogP contribution in [0, 0.1) is 0 Å². The number of carbonyl (C=O) groups is 1. The summed E-state index contributed by atoms with van der Waals surface area (Å²) in [4.78, 5) is 12.0. The Morgan fingerprint density at radius 1 is 1.09 bits per heavy atom. The molecule has 1 aliphatic heterocycles. The number of hydrogen-bond donors (Lipinski definition) is 2. The maximum atomic E-state index is 12.0. The largest absolute Gasteiger partial charge is 0.508 e. The van der Waals surface area contributed by atoms with E-state index in [0.29, 0.717) is 39.6 Å². The molecule has 0 bridgehead atoms. The van der Waals surface area contributed by atoms with Crippen molar-refractivity contribution in [2.45, 2.75) is 0 Å². The molecule has 2 aromatic rings. The summed E-state index contributed by atoms with van der Waals surface area (Å²) in [6.07, 6.45) is 1.60. The summed E-state index contributed by atoms with van der Waals surface area (Å²) in [5.74, 6) is 0.859.